The van der Waals surface area contributed by atoms with Crippen molar-refractivity contribution in [3.63, 3.8) is 0 Å². The maximum Gasteiger partial charge on any atom is 0.165 e. The molecule has 2 aliphatic rings. The van der Waals surface area contributed by atoms with Gasteiger partial charge in [0.05, 0.1) is 22.1 Å². The molecule has 8 nitrogen and oxygen atoms in total. The maximum absolute atomic E-state index is 6.85. The Morgan fingerprint density at radius 3 is 1.37 bits per heavy atom. The van der Waals surface area contributed by atoms with Crippen molar-refractivity contribution < 1.29 is 4.42 Å². The van der Waals surface area contributed by atoms with E-state index in [9.17, 15) is 0 Å². The van der Waals surface area contributed by atoms with E-state index in [2.05, 4.69) is 296 Å². The van der Waals surface area contributed by atoms with Gasteiger partial charge in [-0.3, -0.25) is 0 Å². The van der Waals surface area contributed by atoms with E-state index < -0.39 is 5.41 Å². The molecule has 17 aromatic carbocycles. The summed E-state index contributed by atoms with van der Waals surface area (Å²) in [6.45, 7) is 0. The fourth-order valence-corrected chi connectivity index (χ4v) is 18.0. The molecule has 0 bridgehead atoms. The molecule has 1 spiro atoms. The van der Waals surface area contributed by atoms with Gasteiger partial charge >= 0.3 is 0 Å². The number of hydrogen-bond acceptors (Lipinski definition) is 7. The Morgan fingerprint density at radius 2 is 0.676 bits per heavy atom. The second-order valence-corrected chi connectivity index (χ2v) is 29.1. The summed E-state index contributed by atoms with van der Waals surface area (Å²) in [7, 11) is 0. The molecule has 0 saturated heterocycles. The number of benzene rings is 17. The number of aromatic nitrogens is 7. The molecule has 23 rings (SSSR count). The van der Waals surface area contributed by atoms with Crippen molar-refractivity contribution in [3.8, 4) is 130 Å². The molecule has 1 aliphatic heterocycles. The third-order valence-corrected chi connectivity index (χ3v) is 23.1. The zero-order valence-electron chi connectivity index (χ0n) is 59.8. The van der Waals surface area contributed by atoms with Crippen LogP contribution >= 0.6 is 0 Å². The molecular weight excluding hydrogens is 1350 g/mol. The topological polar surface area (TPSA) is 95.4 Å². The van der Waals surface area contributed by atoms with E-state index in [1.54, 1.807) is 0 Å². The van der Waals surface area contributed by atoms with Crippen molar-refractivity contribution in [2.75, 3.05) is 0 Å². The van der Waals surface area contributed by atoms with Crippen LogP contribution in [-0.2, 0) is 5.41 Å². The van der Waals surface area contributed by atoms with E-state index >= 15 is 0 Å². The third-order valence-electron chi connectivity index (χ3n) is 23.1. The Morgan fingerprint density at radius 1 is 0.216 bits per heavy atom. The minimum Gasteiger partial charge on any atom is -0.456 e. The van der Waals surface area contributed by atoms with Gasteiger partial charge in [-0.15, -0.1) is 0 Å². The molecule has 0 amide bonds. The summed E-state index contributed by atoms with van der Waals surface area (Å²) in [6, 6.07) is 133. The summed E-state index contributed by atoms with van der Waals surface area (Å²) in [5.41, 5.74) is 26.2. The molecule has 111 heavy (non-hydrogen) atoms. The van der Waals surface area contributed by atoms with Gasteiger partial charge in [0.15, 0.2) is 34.9 Å². The largest absolute Gasteiger partial charge is 0.456 e. The van der Waals surface area contributed by atoms with Crippen molar-refractivity contribution in [2.24, 2.45) is 0 Å². The smallest absolute Gasteiger partial charge is 0.165 e. The van der Waals surface area contributed by atoms with Gasteiger partial charge in [0.25, 0.3) is 0 Å². The molecule has 0 fully saturated rings. The van der Waals surface area contributed by atoms with Gasteiger partial charge in [-0.2, -0.15) is 0 Å². The lowest BCUT2D eigenvalue weighted by Crippen LogP contribution is -2.33. The minimum absolute atomic E-state index is 0.580. The van der Waals surface area contributed by atoms with E-state index in [1.165, 1.54) is 60.9 Å². The Bertz CT molecular complexity index is 7390. The summed E-state index contributed by atoms with van der Waals surface area (Å²) >= 11 is 0. The molecule has 21 aromatic rings. The van der Waals surface area contributed by atoms with Crippen LogP contribution in [0.25, 0.3) is 206 Å². The minimum atomic E-state index is -0.630. The molecule has 0 radical (unpaired) electrons. The number of fused-ring (bicyclic) bond motifs is 18. The summed E-state index contributed by atoms with van der Waals surface area (Å²) in [5, 5.41) is 11.2. The molecular formula is C103H61N7O. The molecule has 1 atom stereocenters. The Kier molecular flexibility index (Phi) is 13.8. The number of furan rings is 1. The van der Waals surface area contributed by atoms with Crippen LogP contribution in [0.4, 0.5) is 0 Å². The van der Waals surface area contributed by atoms with Gasteiger partial charge in [0.1, 0.15) is 11.2 Å². The highest BCUT2D eigenvalue weighted by Crippen LogP contribution is 2.62. The first kappa shape index (κ1) is 62.4. The number of hydrogen-bond donors (Lipinski definition) is 0. The summed E-state index contributed by atoms with van der Waals surface area (Å²) < 4.78 is 9.35. The standard InChI is InChI=1S/C103H61N7O/c1-4-24-66(25-5-1)97-104-98(67-26-6-2-7-27-67)107-101(106-97)94-76-32-12-10-22-63(76)48-52-78(94)65-44-42-62(43-45-65)72-50-55-83-85-58-71-47-46-70(57-75(71)61-93(85)111-92(83)60-72)69-30-20-31-74(56-69)100-105-99(68-28-8-3-9-29-68)108-102(109-100)95-77-33-13-11-23-64(77)49-53-79(95)73-51-54-81-80-34-14-16-37-86(80)103(89(81)59-73)87-38-17-19-41-91(87)110-90-40-18-15-35-82(90)84-36-21-39-88(103)96(84)110/h1-61H. The maximum atomic E-state index is 6.85. The van der Waals surface area contributed by atoms with E-state index in [0.717, 1.165) is 132 Å². The van der Waals surface area contributed by atoms with Crippen LogP contribution in [0.5, 0.6) is 0 Å². The van der Waals surface area contributed by atoms with Crippen LogP contribution < -0.4 is 0 Å². The van der Waals surface area contributed by atoms with Gasteiger partial charge in [-0.05, 0) is 165 Å². The molecule has 0 N–H and O–H groups in total. The van der Waals surface area contributed by atoms with Gasteiger partial charge in [0.2, 0.25) is 0 Å². The van der Waals surface area contributed by atoms with Gasteiger partial charge in [-0.1, -0.05) is 315 Å². The average molecular weight is 1410 g/mol. The fourth-order valence-electron chi connectivity index (χ4n) is 18.0. The Labute approximate surface area is 638 Å². The molecule has 1 unspecified atom stereocenters. The molecule has 8 heteroatoms. The fraction of sp³-hybridized carbons (Fsp3) is 0.00971. The highest BCUT2D eigenvalue weighted by Gasteiger charge is 2.51. The van der Waals surface area contributed by atoms with E-state index in [-0.39, 0.29) is 0 Å². The van der Waals surface area contributed by atoms with Crippen LogP contribution in [0.1, 0.15) is 22.3 Å². The number of para-hydroxylation sites is 3. The summed E-state index contributed by atoms with van der Waals surface area (Å²) in [4.78, 5) is 32.0. The predicted octanol–water partition coefficient (Wildman–Crippen LogP) is 25.9. The van der Waals surface area contributed by atoms with Crippen LogP contribution in [-0.4, -0.2) is 34.5 Å². The van der Waals surface area contributed by atoms with Crippen molar-refractivity contribution >= 4 is 76.1 Å². The lowest BCUT2D eigenvalue weighted by Gasteiger charge is -2.39. The molecule has 514 valence electrons. The lowest BCUT2D eigenvalue weighted by molar-refractivity contribution is 0.669. The highest BCUT2D eigenvalue weighted by molar-refractivity contribution is 6.14. The molecule has 0 saturated carbocycles. The van der Waals surface area contributed by atoms with E-state index in [0.29, 0.717) is 34.9 Å². The summed E-state index contributed by atoms with van der Waals surface area (Å²) in [6.07, 6.45) is 0. The first-order valence-corrected chi connectivity index (χ1v) is 37.7. The second-order valence-electron chi connectivity index (χ2n) is 29.1. The zero-order chi connectivity index (χ0) is 72.8. The van der Waals surface area contributed by atoms with Crippen LogP contribution in [0.2, 0.25) is 0 Å². The third kappa shape index (κ3) is 9.74. The zero-order valence-corrected chi connectivity index (χ0v) is 59.8. The lowest BCUT2D eigenvalue weighted by atomic mass is 9.65. The molecule has 1 aliphatic carbocycles. The van der Waals surface area contributed by atoms with Crippen LogP contribution in [0.3, 0.4) is 0 Å². The molecule has 5 heterocycles. The van der Waals surface area contributed by atoms with E-state index in [4.69, 9.17) is 34.3 Å². The second kappa shape index (κ2) is 24.6. The summed E-state index contributed by atoms with van der Waals surface area (Å²) in [5.74, 6) is 3.63. The quantitative estimate of drug-likeness (QED) is 0.135. The van der Waals surface area contributed by atoms with Crippen molar-refractivity contribution in [1.29, 1.82) is 0 Å². The predicted molar refractivity (Wildman–Crippen MR) is 453 cm³/mol. The first-order valence-electron chi connectivity index (χ1n) is 37.7. The SMILES string of the molecule is c1ccc(-c2nc(-c3ccccc3)nc(-c3c(-c4ccc(-c5ccc6c(c5)oc5cc7cc(-c8cccc(-c9nc(-c%10ccccc%10)nc(-c%10c(-c%11ccc%12c(c%11)C%11(c%13ccccc%13-%12)c%12ccccc%12-n%12c%13ccccc%13c%13cccc%11c%13%12)ccc%11ccccc%10%11)n9)c8)ccc7cc56)cc4)ccc4ccccc34)n2)cc1. The van der Waals surface area contributed by atoms with Crippen LogP contribution in [0, 0.1) is 0 Å². The monoisotopic (exact) mass is 1410 g/mol. The average Bonchev–Trinajstić information content (AvgIpc) is 1.51. The van der Waals surface area contributed by atoms with Gasteiger partial charge in [-0.25, -0.2) is 29.9 Å². The Balaban J connectivity index is 0.601. The van der Waals surface area contributed by atoms with Crippen molar-refractivity contribution in [3.05, 3.63) is 392 Å². The van der Waals surface area contributed by atoms with Crippen molar-refractivity contribution in [2.45, 2.75) is 5.41 Å². The highest BCUT2D eigenvalue weighted by atomic mass is 16.3. The first-order chi connectivity index (χ1) is 55.0. The normalized spacial score (nSPS) is 13.4. The van der Waals surface area contributed by atoms with Gasteiger partial charge in [0, 0.05) is 54.9 Å². The number of nitrogens with zero attached hydrogens (tertiary/aromatic N) is 7. The van der Waals surface area contributed by atoms with Crippen molar-refractivity contribution in [1.82, 2.24) is 34.5 Å². The molecule has 4 aromatic heterocycles. The van der Waals surface area contributed by atoms with Crippen LogP contribution in [0.15, 0.2) is 374 Å². The number of rotatable bonds is 10. The Hall–Kier alpha value is -14.9. The van der Waals surface area contributed by atoms with Gasteiger partial charge < -0.3 is 8.98 Å². The van der Waals surface area contributed by atoms with E-state index in [1.807, 2.05) is 78.9 Å².